The summed E-state index contributed by atoms with van der Waals surface area (Å²) in [5.41, 5.74) is 2.34. The Morgan fingerprint density at radius 3 is 2.44 bits per heavy atom. The normalized spacial score (nSPS) is 18.1. The molecule has 0 saturated heterocycles. The van der Waals surface area contributed by atoms with Crippen molar-refractivity contribution in [3.8, 4) is 22.4 Å². The number of carboxylic acids is 1. The van der Waals surface area contributed by atoms with Crippen LogP contribution in [-0.4, -0.2) is 34.1 Å². The van der Waals surface area contributed by atoms with Gasteiger partial charge in [-0.2, -0.15) is 5.10 Å². The molecule has 1 aliphatic rings. The van der Waals surface area contributed by atoms with Crippen molar-refractivity contribution in [2.75, 3.05) is 13.2 Å². The van der Waals surface area contributed by atoms with Crippen LogP contribution < -0.4 is 5.56 Å². The molecule has 1 aromatic heterocycles. The number of carboxylic acid groups (broad SMARTS) is 1. The molecule has 1 N–H and O–H groups in total. The van der Waals surface area contributed by atoms with Crippen molar-refractivity contribution in [1.82, 2.24) is 9.78 Å². The first-order valence-corrected chi connectivity index (χ1v) is 11.7. The molecule has 0 spiro atoms. The molecule has 8 heteroatoms. The molecule has 0 aliphatic heterocycles. The van der Waals surface area contributed by atoms with Gasteiger partial charge in [0.25, 0.3) is 5.56 Å². The average molecular weight is 485 g/mol. The van der Waals surface area contributed by atoms with Gasteiger partial charge in [-0.3, -0.25) is 4.79 Å². The zero-order chi connectivity index (χ0) is 24.1. The Labute approximate surface area is 202 Å². The van der Waals surface area contributed by atoms with Crippen molar-refractivity contribution < 1.29 is 19.0 Å². The second kappa shape index (κ2) is 10.9. The van der Waals surface area contributed by atoms with Crippen LogP contribution in [0.25, 0.3) is 22.4 Å². The van der Waals surface area contributed by atoms with Gasteiger partial charge in [0.1, 0.15) is 12.4 Å². The highest BCUT2D eigenvalue weighted by Gasteiger charge is 2.23. The molecule has 1 fully saturated rings. The lowest BCUT2D eigenvalue weighted by Crippen LogP contribution is -2.29. The van der Waals surface area contributed by atoms with Crippen LogP contribution in [0.2, 0.25) is 5.02 Å². The number of nitrogens with zero attached hydrogens (tertiary/aromatic N) is 2. The van der Waals surface area contributed by atoms with Gasteiger partial charge < -0.3 is 9.84 Å². The third kappa shape index (κ3) is 5.90. The highest BCUT2D eigenvalue weighted by atomic mass is 35.5. The number of aromatic nitrogens is 2. The van der Waals surface area contributed by atoms with E-state index in [-0.39, 0.29) is 23.1 Å². The molecule has 1 saturated carbocycles. The van der Waals surface area contributed by atoms with E-state index in [0.717, 1.165) is 31.2 Å². The number of hydrogen-bond donors (Lipinski definition) is 1. The molecule has 0 bridgehead atoms. The first-order chi connectivity index (χ1) is 16.4. The van der Waals surface area contributed by atoms with Crippen LogP contribution in [0.1, 0.15) is 25.7 Å². The zero-order valence-corrected chi connectivity index (χ0v) is 19.4. The van der Waals surface area contributed by atoms with Crippen molar-refractivity contribution >= 4 is 17.6 Å². The van der Waals surface area contributed by atoms with E-state index in [9.17, 15) is 14.0 Å². The molecular formula is C26H26ClFN2O4. The number of halogens is 2. The minimum absolute atomic E-state index is 0.0300. The number of hydrogen-bond acceptors (Lipinski definition) is 4. The Balaban J connectivity index is 1.56. The quantitative estimate of drug-likeness (QED) is 0.470. The molecule has 178 valence electrons. The Hall–Kier alpha value is -3.03. The molecular weight excluding hydrogens is 459 g/mol. The lowest BCUT2D eigenvalue weighted by molar-refractivity contribution is -0.142. The van der Waals surface area contributed by atoms with Crippen molar-refractivity contribution in [1.29, 1.82) is 0 Å². The molecule has 0 unspecified atom stereocenters. The van der Waals surface area contributed by atoms with Gasteiger partial charge in [0.05, 0.1) is 17.3 Å². The molecule has 1 aliphatic carbocycles. The van der Waals surface area contributed by atoms with E-state index >= 15 is 0 Å². The van der Waals surface area contributed by atoms with Crippen LogP contribution in [0, 0.1) is 17.7 Å². The summed E-state index contributed by atoms with van der Waals surface area (Å²) >= 11 is 5.88. The molecule has 34 heavy (non-hydrogen) atoms. The molecule has 2 aromatic carbocycles. The lowest BCUT2D eigenvalue weighted by atomic mass is 9.82. The molecule has 1 heterocycles. The number of rotatable bonds is 8. The van der Waals surface area contributed by atoms with Crippen LogP contribution >= 0.6 is 11.6 Å². The minimum Gasteiger partial charge on any atom is -0.480 e. The van der Waals surface area contributed by atoms with Crippen LogP contribution in [0.3, 0.4) is 0 Å². The molecule has 0 radical (unpaired) electrons. The molecule has 0 amide bonds. The zero-order valence-electron chi connectivity index (χ0n) is 18.6. The highest BCUT2D eigenvalue weighted by molar-refractivity contribution is 6.30. The van der Waals surface area contributed by atoms with E-state index in [1.165, 1.54) is 16.8 Å². The first-order valence-electron chi connectivity index (χ1n) is 11.3. The van der Waals surface area contributed by atoms with Gasteiger partial charge in [-0.25, -0.2) is 13.9 Å². The summed E-state index contributed by atoms with van der Waals surface area (Å²) in [7, 11) is 0. The molecule has 3 aromatic rings. The third-order valence-electron chi connectivity index (χ3n) is 6.25. The number of ether oxygens (including phenoxy) is 1. The summed E-state index contributed by atoms with van der Waals surface area (Å²) in [6.07, 6.45) is 3.63. The first kappa shape index (κ1) is 24.1. The van der Waals surface area contributed by atoms with Crippen molar-refractivity contribution in [3.63, 3.8) is 0 Å². The number of benzene rings is 2. The van der Waals surface area contributed by atoms with E-state index < -0.39 is 11.8 Å². The lowest BCUT2D eigenvalue weighted by Gasteiger charge is -2.28. The average Bonchev–Trinajstić information content (AvgIpc) is 2.83. The van der Waals surface area contributed by atoms with Crippen molar-refractivity contribution in [2.24, 2.45) is 11.8 Å². The van der Waals surface area contributed by atoms with Crippen LogP contribution in [-0.2, 0) is 16.1 Å². The van der Waals surface area contributed by atoms with E-state index in [1.54, 1.807) is 12.1 Å². The summed E-state index contributed by atoms with van der Waals surface area (Å²) in [5, 5.41) is 13.4. The third-order valence-corrected chi connectivity index (χ3v) is 6.56. The SMILES string of the molecule is O=C(O)COCC1CCC(Cn2nc(-c3ccc(Cl)c(F)c3)c(-c3ccccc3)cc2=O)CC1. The minimum atomic E-state index is -0.963. The van der Waals surface area contributed by atoms with E-state index in [2.05, 4.69) is 5.10 Å². The Bertz CT molecular complexity index is 1210. The van der Waals surface area contributed by atoms with Crippen LogP contribution in [0.4, 0.5) is 4.39 Å². The van der Waals surface area contributed by atoms with Gasteiger partial charge in [0.2, 0.25) is 0 Å². The predicted octanol–water partition coefficient (Wildman–Crippen LogP) is 5.28. The highest BCUT2D eigenvalue weighted by Crippen LogP contribution is 2.32. The van der Waals surface area contributed by atoms with Gasteiger partial charge in [-0.15, -0.1) is 0 Å². The topological polar surface area (TPSA) is 81.4 Å². The van der Waals surface area contributed by atoms with Gasteiger partial charge in [0.15, 0.2) is 0 Å². The fraction of sp³-hybridized carbons (Fsp3) is 0.346. The maximum Gasteiger partial charge on any atom is 0.329 e. The second-order valence-corrected chi connectivity index (χ2v) is 9.12. The fourth-order valence-electron chi connectivity index (χ4n) is 4.45. The van der Waals surface area contributed by atoms with E-state index in [1.807, 2.05) is 30.3 Å². The van der Waals surface area contributed by atoms with Crippen LogP contribution in [0.15, 0.2) is 59.4 Å². The Morgan fingerprint density at radius 1 is 1.06 bits per heavy atom. The summed E-state index contributed by atoms with van der Waals surface area (Å²) in [5.74, 6) is -0.901. The summed E-state index contributed by atoms with van der Waals surface area (Å²) < 4.78 is 21.0. The van der Waals surface area contributed by atoms with E-state index in [4.69, 9.17) is 21.4 Å². The van der Waals surface area contributed by atoms with Gasteiger partial charge in [-0.1, -0.05) is 48.0 Å². The summed E-state index contributed by atoms with van der Waals surface area (Å²) in [4.78, 5) is 23.6. The fourth-order valence-corrected chi connectivity index (χ4v) is 4.57. The van der Waals surface area contributed by atoms with Gasteiger partial charge in [-0.05, 0) is 55.2 Å². The standard InChI is InChI=1S/C26H26ClFN2O4/c27-22-11-10-20(12-23(22)28)26-21(19-4-2-1-3-5-19)13-24(31)30(29-26)14-17-6-8-18(9-7-17)15-34-16-25(32)33/h1-5,10-13,17-18H,6-9,14-16H2,(H,32,33). The monoisotopic (exact) mass is 484 g/mol. The van der Waals surface area contributed by atoms with E-state index in [0.29, 0.717) is 35.9 Å². The smallest absolute Gasteiger partial charge is 0.329 e. The molecule has 4 rings (SSSR count). The Kier molecular flexibility index (Phi) is 7.75. The molecule has 6 nitrogen and oxygen atoms in total. The Morgan fingerprint density at radius 2 is 1.76 bits per heavy atom. The summed E-state index contributed by atoms with van der Waals surface area (Å²) in [6, 6.07) is 15.5. The van der Waals surface area contributed by atoms with Gasteiger partial charge >= 0.3 is 5.97 Å². The second-order valence-electron chi connectivity index (χ2n) is 8.72. The number of aliphatic carboxylic acids is 1. The van der Waals surface area contributed by atoms with Gasteiger partial charge in [0, 0.05) is 23.7 Å². The predicted molar refractivity (Wildman–Crippen MR) is 128 cm³/mol. The van der Waals surface area contributed by atoms with Crippen molar-refractivity contribution in [3.05, 3.63) is 75.8 Å². The van der Waals surface area contributed by atoms with Crippen molar-refractivity contribution in [2.45, 2.75) is 32.2 Å². The molecule has 0 atom stereocenters. The largest absolute Gasteiger partial charge is 0.480 e. The maximum absolute atomic E-state index is 14.2. The number of carbonyl (C=O) groups is 1. The summed E-state index contributed by atoms with van der Waals surface area (Å²) in [6.45, 7) is 0.635. The maximum atomic E-state index is 14.2. The van der Waals surface area contributed by atoms with Crippen LogP contribution in [0.5, 0.6) is 0 Å².